The van der Waals surface area contributed by atoms with Crippen LogP contribution in [-0.4, -0.2) is 30.8 Å². The summed E-state index contributed by atoms with van der Waals surface area (Å²) in [4.78, 5) is 4.33. The third-order valence-corrected chi connectivity index (χ3v) is 3.52. The maximum absolute atomic E-state index is 5.27. The van der Waals surface area contributed by atoms with Gasteiger partial charge in [-0.15, -0.1) is 11.3 Å². The summed E-state index contributed by atoms with van der Waals surface area (Å²) in [5, 5.41) is 6.77. The summed E-state index contributed by atoms with van der Waals surface area (Å²) in [6.45, 7) is 5.28. The van der Waals surface area contributed by atoms with E-state index in [0.717, 1.165) is 25.8 Å². The van der Waals surface area contributed by atoms with Gasteiger partial charge in [-0.3, -0.25) is 0 Å². The van der Waals surface area contributed by atoms with Gasteiger partial charge in [0.25, 0.3) is 0 Å². The van der Waals surface area contributed by atoms with Crippen molar-refractivity contribution in [1.82, 2.24) is 10.3 Å². The Morgan fingerprint density at radius 1 is 1.50 bits per heavy atom. The molecule has 3 nitrogen and oxygen atoms in total. The molecule has 0 aliphatic heterocycles. The smallest absolute Gasteiger partial charge is 0.0940 e. The lowest BCUT2D eigenvalue weighted by molar-refractivity contribution is 0.106. The zero-order valence-corrected chi connectivity index (χ0v) is 11.2. The molecule has 1 rings (SSSR count). The molecule has 16 heavy (non-hydrogen) atoms. The Labute approximate surface area is 102 Å². The fourth-order valence-corrected chi connectivity index (χ4v) is 2.38. The van der Waals surface area contributed by atoms with Gasteiger partial charge < -0.3 is 10.1 Å². The average molecular weight is 242 g/mol. The third kappa shape index (κ3) is 5.05. The molecule has 4 heteroatoms. The highest BCUT2D eigenvalue weighted by molar-refractivity contribution is 7.09. The van der Waals surface area contributed by atoms with Gasteiger partial charge in [0.2, 0.25) is 0 Å². The van der Waals surface area contributed by atoms with Crippen molar-refractivity contribution >= 4 is 11.3 Å². The molecular weight excluding hydrogens is 220 g/mol. The van der Waals surface area contributed by atoms with E-state index < -0.39 is 0 Å². The molecule has 0 aliphatic carbocycles. The van der Waals surface area contributed by atoms with Crippen LogP contribution in [0.15, 0.2) is 11.6 Å². The Morgan fingerprint density at radius 3 is 2.88 bits per heavy atom. The van der Waals surface area contributed by atoms with Gasteiger partial charge in [-0.05, 0) is 26.3 Å². The molecule has 0 spiro atoms. The van der Waals surface area contributed by atoms with E-state index in [1.165, 1.54) is 5.01 Å². The van der Waals surface area contributed by atoms with Gasteiger partial charge in [0.1, 0.15) is 0 Å². The predicted molar refractivity (Wildman–Crippen MR) is 69.0 cm³/mol. The van der Waals surface area contributed by atoms with Crippen molar-refractivity contribution in [1.29, 1.82) is 0 Å². The molecule has 0 fully saturated rings. The van der Waals surface area contributed by atoms with E-state index in [0.29, 0.717) is 12.1 Å². The first-order valence-electron chi connectivity index (χ1n) is 5.90. The second-order valence-corrected chi connectivity index (χ2v) is 4.99. The fourth-order valence-electron chi connectivity index (χ4n) is 1.68. The summed E-state index contributed by atoms with van der Waals surface area (Å²) in [5.41, 5.74) is 0. The van der Waals surface area contributed by atoms with E-state index in [9.17, 15) is 0 Å². The van der Waals surface area contributed by atoms with Crippen LogP contribution in [0.4, 0.5) is 0 Å². The third-order valence-electron chi connectivity index (χ3n) is 2.72. The van der Waals surface area contributed by atoms with Crippen molar-refractivity contribution < 1.29 is 4.74 Å². The Bertz CT molecular complexity index is 264. The fraction of sp³-hybridized carbons (Fsp3) is 0.750. The average Bonchev–Trinajstić information content (AvgIpc) is 2.78. The maximum atomic E-state index is 5.27. The molecule has 1 N–H and O–H groups in total. The highest BCUT2D eigenvalue weighted by Crippen LogP contribution is 2.12. The Kier molecular flexibility index (Phi) is 6.61. The maximum Gasteiger partial charge on any atom is 0.0940 e. The summed E-state index contributed by atoms with van der Waals surface area (Å²) in [6.07, 6.45) is 5.49. The predicted octanol–water partition coefficient (Wildman–Crippen LogP) is 2.48. The molecular formula is C12H22N2OS. The molecule has 0 bridgehead atoms. The van der Waals surface area contributed by atoms with Crippen LogP contribution in [0.25, 0.3) is 0 Å². The van der Waals surface area contributed by atoms with Crippen LogP contribution in [0.1, 0.15) is 31.7 Å². The van der Waals surface area contributed by atoms with Crippen LogP contribution in [0, 0.1) is 0 Å². The number of likely N-dealkylation sites (N-methyl/N-ethyl adjacent to an activating group) is 1. The number of hydrogen-bond donors (Lipinski definition) is 1. The van der Waals surface area contributed by atoms with Gasteiger partial charge in [-0.25, -0.2) is 4.98 Å². The summed E-state index contributed by atoms with van der Waals surface area (Å²) >= 11 is 1.73. The lowest BCUT2D eigenvalue weighted by Gasteiger charge is -2.18. The number of ether oxygens (including phenoxy) is 1. The summed E-state index contributed by atoms with van der Waals surface area (Å²) in [7, 11) is 1.77. The topological polar surface area (TPSA) is 34.1 Å². The first-order valence-corrected chi connectivity index (χ1v) is 6.78. The quantitative estimate of drug-likeness (QED) is 0.760. The molecule has 0 amide bonds. The van der Waals surface area contributed by atoms with E-state index in [1.807, 2.05) is 11.6 Å². The number of nitrogens with zero attached hydrogens (tertiary/aromatic N) is 1. The lowest BCUT2D eigenvalue weighted by Crippen LogP contribution is -2.31. The van der Waals surface area contributed by atoms with E-state index in [-0.39, 0.29) is 0 Å². The van der Waals surface area contributed by atoms with Crippen LogP contribution in [0.2, 0.25) is 0 Å². The molecule has 1 aromatic rings. The van der Waals surface area contributed by atoms with Gasteiger partial charge in [-0.1, -0.05) is 6.92 Å². The largest absolute Gasteiger partial charge is 0.382 e. The van der Waals surface area contributed by atoms with Crippen LogP contribution in [0.3, 0.4) is 0 Å². The van der Waals surface area contributed by atoms with Crippen molar-refractivity contribution in [2.45, 2.75) is 45.3 Å². The van der Waals surface area contributed by atoms with Crippen molar-refractivity contribution in [3.8, 4) is 0 Å². The standard InChI is InChI=1S/C12H22N2OS/c1-4-13-11(6-5-10(2)15-3)9-12-14-7-8-16-12/h7-8,10-11,13H,4-6,9H2,1-3H3. The molecule has 0 aliphatic rings. The summed E-state index contributed by atoms with van der Waals surface area (Å²) < 4.78 is 5.27. The molecule has 0 radical (unpaired) electrons. The van der Waals surface area contributed by atoms with Gasteiger partial charge in [0.05, 0.1) is 11.1 Å². The minimum absolute atomic E-state index is 0.345. The molecule has 0 saturated carbocycles. The molecule has 1 aromatic heterocycles. The van der Waals surface area contributed by atoms with Crippen molar-refractivity contribution in [2.75, 3.05) is 13.7 Å². The number of nitrogens with one attached hydrogen (secondary N) is 1. The highest BCUT2D eigenvalue weighted by Gasteiger charge is 2.11. The zero-order valence-electron chi connectivity index (χ0n) is 10.4. The van der Waals surface area contributed by atoms with Gasteiger partial charge >= 0.3 is 0 Å². The number of hydrogen-bond acceptors (Lipinski definition) is 4. The first kappa shape index (κ1) is 13.6. The van der Waals surface area contributed by atoms with Crippen molar-refractivity contribution in [3.05, 3.63) is 16.6 Å². The minimum atomic E-state index is 0.345. The SMILES string of the molecule is CCNC(CCC(C)OC)Cc1nccs1. The van der Waals surface area contributed by atoms with Gasteiger partial charge in [-0.2, -0.15) is 0 Å². The number of methoxy groups -OCH3 is 1. The molecule has 2 unspecified atom stereocenters. The molecule has 0 aromatic carbocycles. The van der Waals surface area contributed by atoms with Crippen molar-refractivity contribution in [2.24, 2.45) is 0 Å². The van der Waals surface area contributed by atoms with Crippen LogP contribution in [-0.2, 0) is 11.2 Å². The van der Waals surface area contributed by atoms with E-state index >= 15 is 0 Å². The summed E-state index contributed by atoms with van der Waals surface area (Å²) in [6, 6.07) is 0.522. The number of aromatic nitrogens is 1. The lowest BCUT2D eigenvalue weighted by atomic mass is 10.1. The second-order valence-electron chi connectivity index (χ2n) is 4.01. The van der Waals surface area contributed by atoms with Crippen LogP contribution in [0.5, 0.6) is 0 Å². The molecule has 2 atom stereocenters. The monoisotopic (exact) mass is 242 g/mol. The highest BCUT2D eigenvalue weighted by atomic mass is 32.1. The van der Waals surface area contributed by atoms with E-state index in [2.05, 4.69) is 24.1 Å². The molecule has 1 heterocycles. The minimum Gasteiger partial charge on any atom is -0.382 e. The van der Waals surface area contributed by atoms with Crippen molar-refractivity contribution in [3.63, 3.8) is 0 Å². The molecule has 0 saturated heterocycles. The molecule has 92 valence electrons. The zero-order chi connectivity index (χ0) is 11.8. The Balaban J connectivity index is 2.35. The van der Waals surface area contributed by atoms with E-state index in [4.69, 9.17) is 4.74 Å². The van der Waals surface area contributed by atoms with Gasteiger partial charge in [0, 0.05) is 31.1 Å². The first-order chi connectivity index (χ1) is 7.76. The van der Waals surface area contributed by atoms with E-state index in [1.54, 1.807) is 18.4 Å². The number of thiazole rings is 1. The second kappa shape index (κ2) is 7.76. The Morgan fingerprint density at radius 2 is 2.31 bits per heavy atom. The van der Waals surface area contributed by atoms with Crippen LogP contribution >= 0.6 is 11.3 Å². The van der Waals surface area contributed by atoms with Crippen LogP contribution < -0.4 is 5.32 Å². The van der Waals surface area contributed by atoms with Gasteiger partial charge in [0.15, 0.2) is 0 Å². The normalized spacial score (nSPS) is 14.9. The Hall–Kier alpha value is -0.450. The summed E-state index contributed by atoms with van der Waals surface area (Å²) in [5.74, 6) is 0. The number of rotatable bonds is 8.